The summed E-state index contributed by atoms with van der Waals surface area (Å²) < 4.78 is 1.67. The summed E-state index contributed by atoms with van der Waals surface area (Å²) >= 11 is 0. The number of nitrogens with zero attached hydrogens (tertiary/aromatic N) is 5. The lowest BCUT2D eigenvalue weighted by Crippen LogP contribution is -2.21. The van der Waals surface area contributed by atoms with E-state index < -0.39 is 0 Å². The standard InChI is InChI=1S/C23H27N7O2/c1-15-20-7-8-29(13-16-3-2-4-18(11-16)26-22(32)17-5-6-17)21(20)28-23(25-15)27-19-12-24-30(14-19)9-10-31/h2-4,11-12,14,17,31H,5-10,13H2,1H3,(H,26,32)(H,25,27,28). The highest BCUT2D eigenvalue weighted by molar-refractivity contribution is 5.94. The molecule has 9 heteroatoms. The van der Waals surface area contributed by atoms with E-state index in [2.05, 4.69) is 31.7 Å². The zero-order chi connectivity index (χ0) is 22.1. The van der Waals surface area contributed by atoms with E-state index in [1.807, 2.05) is 31.3 Å². The smallest absolute Gasteiger partial charge is 0.229 e. The van der Waals surface area contributed by atoms with Crippen LogP contribution in [0.15, 0.2) is 36.7 Å². The Kier molecular flexibility index (Phi) is 5.48. The highest BCUT2D eigenvalue weighted by atomic mass is 16.3. The Morgan fingerprint density at radius 3 is 2.94 bits per heavy atom. The van der Waals surface area contributed by atoms with Gasteiger partial charge in [-0.2, -0.15) is 10.1 Å². The lowest BCUT2D eigenvalue weighted by Gasteiger charge is -2.20. The minimum atomic E-state index is 0.0377. The monoisotopic (exact) mass is 433 g/mol. The third-order valence-electron chi connectivity index (χ3n) is 5.86. The van der Waals surface area contributed by atoms with Gasteiger partial charge in [0.1, 0.15) is 5.82 Å². The van der Waals surface area contributed by atoms with E-state index in [1.165, 1.54) is 5.56 Å². The number of benzene rings is 1. The van der Waals surface area contributed by atoms with Crippen LogP contribution in [-0.2, 0) is 24.3 Å². The van der Waals surface area contributed by atoms with Gasteiger partial charge in [0.05, 0.1) is 25.0 Å². The summed E-state index contributed by atoms with van der Waals surface area (Å²) in [5, 5.41) is 19.5. The van der Waals surface area contributed by atoms with Crippen molar-refractivity contribution in [3.63, 3.8) is 0 Å². The molecule has 1 saturated carbocycles. The molecule has 1 aliphatic heterocycles. The van der Waals surface area contributed by atoms with E-state index >= 15 is 0 Å². The molecule has 1 fully saturated rings. The summed E-state index contributed by atoms with van der Waals surface area (Å²) in [4.78, 5) is 23.8. The second-order valence-corrected chi connectivity index (χ2v) is 8.41. The lowest BCUT2D eigenvalue weighted by atomic mass is 10.2. The maximum Gasteiger partial charge on any atom is 0.229 e. The quantitative estimate of drug-likeness (QED) is 0.501. The predicted molar refractivity (Wildman–Crippen MR) is 122 cm³/mol. The molecule has 5 rings (SSSR count). The first-order chi connectivity index (χ1) is 15.6. The number of hydrogen-bond donors (Lipinski definition) is 3. The Balaban J connectivity index is 1.32. The van der Waals surface area contributed by atoms with Crippen molar-refractivity contribution in [3.05, 3.63) is 53.5 Å². The molecule has 3 heterocycles. The Morgan fingerprint density at radius 2 is 2.12 bits per heavy atom. The van der Waals surface area contributed by atoms with Gasteiger partial charge in [-0.25, -0.2) is 4.98 Å². The molecule has 32 heavy (non-hydrogen) atoms. The lowest BCUT2D eigenvalue weighted by molar-refractivity contribution is -0.117. The Morgan fingerprint density at radius 1 is 1.25 bits per heavy atom. The first-order valence-electron chi connectivity index (χ1n) is 11.0. The van der Waals surface area contributed by atoms with Crippen LogP contribution in [0.3, 0.4) is 0 Å². The van der Waals surface area contributed by atoms with E-state index in [4.69, 9.17) is 10.1 Å². The molecule has 0 unspecified atom stereocenters. The second kappa shape index (κ2) is 8.58. The molecule has 9 nitrogen and oxygen atoms in total. The van der Waals surface area contributed by atoms with E-state index in [0.717, 1.165) is 54.3 Å². The van der Waals surface area contributed by atoms with Gasteiger partial charge < -0.3 is 20.6 Å². The van der Waals surface area contributed by atoms with Crippen molar-refractivity contribution in [1.29, 1.82) is 0 Å². The average molecular weight is 434 g/mol. The Bertz CT molecular complexity index is 1140. The van der Waals surface area contributed by atoms with Crippen LogP contribution < -0.4 is 15.5 Å². The van der Waals surface area contributed by atoms with Crippen molar-refractivity contribution in [1.82, 2.24) is 19.7 Å². The second-order valence-electron chi connectivity index (χ2n) is 8.41. The van der Waals surface area contributed by atoms with Gasteiger partial charge >= 0.3 is 0 Å². The number of carbonyl (C=O) groups excluding carboxylic acids is 1. The van der Waals surface area contributed by atoms with Crippen LogP contribution >= 0.6 is 0 Å². The molecule has 2 aromatic heterocycles. The molecular weight excluding hydrogens is 406 g/mol. The van der Waals surface area contributed by atoms with Crippen LogP contribution in [0.4, 0.5) is 23.1 Å². The fraction of sp³-hybridized carbons (Fsp3) is 0.391. The van der Waals surface area contributed by atoms with Gasteiger partial charge in [0.25, 0.3) is 0 Å². The van der Waals surface area contributed by atoms with Gasteiger partial charge in [0, 0.05) is 42.1 Å². The maximum absolute atomic E-state index is 12.1. The van der Waals surface area contributed by atoms with Gasteiger partial charge in [0.2, 0.25) is 11.9 Å². The van der Waals surface area contributed by atoms with Gasteiger partial charge in [-0.1, -0.05) is 12.1 Å². The van der Waals surface area contributed by atoms with E-state index in [1.54, 1.807) is 10.9 Å². The number of hydrogen-bond acceptors (Lipinski definition) is 7. The summed E-state index contributed by atoms with van der Waals surface area (Å²) in [6.07, 6.45) is 6.41. The van der Waals surface area contributed by atoms with Gasteiger partial charge in [-0.15, -0.1) is 0 Å². The van der Waals surface area contributed by atoms with Crippen LogP contribution in [0.1, 0.15) is 29.7 Å². The van der Waals surface area contributed by atoms with Crippen LogP contribution in [0.2, 0.25) is 0 Å². The molecule has 3 N–H and O–H groups in total. The van der Waals surface area contributed by atoms with Crippen molar-refractivity contribution in [2.75, 3.05) is 28.7 Å². The van der Waals surface area contributed by atoms with Crippen LogP contribution in [0.5, 0.6) is 0 Å². The third-order valence-corrected chi connectivity index (χ3v) is 5.86. The number of anilines is 4. The molecule has 0 spiro atoms. The highest BCUT2D eigenvalue weighted by Gasteiger charge is 2.29. The van der Waals surface area contributed by atoms with Crippen LogP contribution in [0.25, 0.3) is 0 Å². The van der Waals surface area contributed by atoms with Crippen LogP contribution in [-0.4, -0.2) is 43.9 Å². The van der Waals surface area contributed by atoms with Gasteiger partial charge in [0.15, 0.2) is 0 Å². The number of rotatable bonds is 8. The molecular formula is C23H27N7O2. The van der Waals surface area contributed by atoms with Gasteiger partial charge in [-0.3, -0.25) is 9.48 Å². The summed E-state index contributed by atoms with van der Waals surface area (Å²) in [6, 6.07) is 8.04. The minimum absolute atomic E-state index is 0.0377. The number of carbonyl (C=O) groups is 1. The number of amides is 1. The molecule has 0 atom stereocenters. The predicted octanol–water partition coefficient (Wildman–Crippen LogP) is 2.63. The normalized spacial score (nSPS) is 15.0. The number of aliphatic hydroxyl groups is 1. The molecule has 166 valence electrons. The molecule has 3 aromatic rings. The van der Waals surface area contributed by atoms with E-state index in [9.17, 15) is 4.79 Å². The molecule has 1 amide bonds. The van der Waals surface area contributed by atoms with Gasteiger partial charge in [-0.05, 0) is 43.9 Å². The molecule has 0 bridgehead atoms. The number of fused-ring (bicyclic) bond motifs is 1. The molecule has 0 saturated heterocycles. The molecule has 1 aliphatic carbocycles. The summed E-state index contributed by atoms with van der Waals surface area (Å²) in [6.45, 7) is 4.08. The van der Waals surface area contributed by atoms with Crippen molar-refractivity contribution in [2.45, 2.75) is 39.3 Å². The van der Waals surface area contributed by atoms with E-state index in [0.29, 0.717) is 19.0 Å². The average Bonchev–Trinajstić information content (AvgIpc) is 3.42. The maximum atomic E-state index is 12.1. The van der Waals surface area contributed by atoms with Crippen molar-refractivity contribution >= 4 is 29.0 Å². The molecule has 1 aromatic carbocycles. The first kappa shape index (κ1) is 20.4. The fourth-order valence-corrected chi connectivity index (χ4v) is 4.04. The Labute approximate surface area is 186 Å². The SMILES string of the molecule is Cc1nc(Nc2cnn(CCO)c2)nc2c1CCN2Cc1cccc(NC(=O)C2CC2)c1. The number of aliphatic hydroxyl groups excluding tert-OH is 1. The number of nitrogens with one attached hydrogen (secondary N) is 2. The van der Waals surface area contributed by atoms with Crippen molar-refractivity contribution in [2.24, 2.45) is 5.92 Å². The largest absolute Gasteiger partial charge is 0.394 e. The first-order valence-corrected chi connectivity index (χ1v) is 11.0. The zero-order valence-corrected chi connectivity index (χ0v) is 18.1. The molecule has 2 aliphatic rings. The summed E-state index contributed by atoms with van der Waals surface area (Å²) in [7, 11) is 0. The summed E-state index contributed by atoms with van der Waals surface area (Å²) in [5.74, 6) is 1.78. The Hall–Kier alpha value is -3.46. The fourth-order valence-electron chi connectivity index (χ4n) is 4.04. The zero-order valence-electron chi connectivity index (χ0n) is 18.1. The minimum Gasteiger partial charge on any atom is -0.394 e. The van der Waals surface area contributed by atoms with Crippen LogP contribution in [0, 0.1) is 12.8 Å². The number of aromatic nitrogens is 4. The topological polar surface area (TPSA) is 108 Å². The van der Waals surface area contributed by atoms with Crippen molar-refractivity contribution < 1.29 is 9.90 Å². The number of aryl methyl sites for hydroxylation is 1. The van der Waals surface area contributed by atoms with Crippen molar-refractivity contribution in [3.8, 4) is 0 Å². The molecule has 0 radical (unpaired) electrons. The third kappa shape index (κ3) is 4.43. The van der Waals surface area contributed by atoms with E-state index in [-0.39, 0.29) is 18.4 Å². The summed E-state index contributed by atoms with van der Waals surface area (Å²) in [5.41, 5.74) is 4.89. The highest BCUT2D eigenvalue weighted by Crippen LogP contribution is 2.32.